The van der Waals surface area contributed by atoms with Gasteiger partial charge < -0.3 is 10.1 Å². The average Bonchev–Trinajstić information content (AvgIpc) is 2.83. The van der Waals surface area contributed by atoms with Crippen molar-refractivity contribution in [3.8, 4) is 5.75 Å². The molecule has 1 aliphatic heterocycles. The molecule has 1 unspecified atom stereocenters. The molecule has 0 bridgehead atoms. The van der Waals surface area contributed by atoms with E-state index in [2.05, 4.69) is 12.2 Å². The predicted molar refractivity (Wildman–Crippen MR) is 124 cm³/mol. The number of ether oxygens (including phenoxy) is 1. The molecule has 0 spiro atoms. The first kappa shape index (κ1) is 22.0. The number of nitrogens with one attached hydrogen (secondary N) is 1. The van der Waals surface area contributed by atoms with Crippen LogP contribution in [0.4, 0.5) is 5.69 Å². The van der Waals surface area contributed by atoms with Crippen LogP contribution >= 0.6 is 0 Å². The lowest BCUT2D eigenvalue weighted by molar-refractivity contribution is -0.120. The fourth-order valence-corrected chi connectivity index (χ4v) is 5.47. The van der Waals surface area contributed by atoms with Crippen molar-refractivity contribution < 1.29 is 17.9 Å². The number of anilines is 1. The van der Waals surface area contributed by atoms with Gasteiger partial charge in [0.25, 0.3) is 0 Å². The second-order valence-electron chi connectivity index (χ2n) is 7.75. The second-order valence-corrected chi connectivity index (χ2v) is 9.64. The van der Waals surface area contributed by atoms with Crippen LogP contribution in [0.15, 0.2) is 77.7 Å². The van der Waals surface area contributed by atoms with Gasteiger partial charge >= 0.3 is 0 Å². The molecule has 1 aliphatic rings. The molecule has 1 amide bonds. The molecule has 3 aromatic carbocycles. The van der Waals surface area contributed by atoms with Crippen molar-refractivity contribution in [3.63, 3.8) is 0 Å². The van der Waals surface area contributed by atoms with Crippen LogP contribution in [0.5, 0.6) is 5.75 Å². The number of sulfonamides is 1. The van der Waals surface area contributed by atoms with Gasteiger partial charge in [-0.15, -0.1) is 0 Å². The zero-order valence-corrected chi connectivity index (χ0v) is 18.9. The van der Waals surface area contributed by atoms with Crippen LogP contribution in [0, 0.1) is 0 Å². The Bertz CT molecular complexity index is 1210. The summed E-state index contributed by atoms with van der Waals surface area (Å²) in [5, 5.41) is 2.90. The van der Waals surface area contributed by atoms with E-state index < -0.39 is 16.1 Å². The lowest BCUT2D eigenvalue weighted by Crippen LogP contribution is -2.50. The predicted octanol–water partition coefficient (Wildman–Crippen LogP) is 4.01. The van der Waals surface area contributed by atoms with E-state index in [9.17, 15) is 13.2 Å². The van der Waals surface area contributed by atoms with Crippen LogP contribution in [0.3, 0.4) is 0 Å². The SMILES string of the molecule is CCc1ccc(NC(=O)C2Cc3ccccc3CN2S(=O)(=O)c2ccc(OC)cc2)cc1. The summed E-state index contributed by atoms with van der Waals surface area (Å²) in [6.45, 7) is 2.20. The first-order valence-corrected chi connectivity index (χ1v) is 12.0. The standard InChI is InChI=1S/C25H26N2O4S/c1-3-18-8-10-21(11-9-18)26-25(28)24-16-19-6-4-5-7-20(19)17-27(24)32(29,30)23-14-12-22(31-2)13-15-23/h4-15,24H,3,16-17H2,1-2H3,(H,26,28). The molecule has 0 saturated carbocycles. The molecular weight excluding hydrogens is 424 g/mol. The highest BCUT2D eigenvalue weighted by molar-refractivity contribution is 7.89. The minimum Gasteiger partial charge on any atom is -0.497 e. The van der Waals surface area contributed by atoms with Crippen LogP contribution in [0.25, 0.3) is 0 Å². The Hall–Kier alpha value is -3.16. The molecule has 0 fully saturated rings. The maximum Gasteiger partial charge on any atom is 0.244 e. The van der Waals surface area contributed by atoms with Crippen molar-refractivity contribution in [3.05, 3.63) is 89.5 Å². The van der Waals surface area contributed by atoms with Crippen LogP contribution in [-0.4, -0.2) is 31.8 Å². The van der Waals surface area contributed by atoms with Crippen LogP contribution in [-0.2, 0) is 34.2 Å². The molecule has 0 aromatic heterocycles. The van der Waals surface area contributed by atoms with E-state index >= 15 is 0 Å². The van der Waals surface area contributed by atoms with Crippen molar-refractivity contribution in [2.24, 2.45) is 0 Å². The van der Waals surface area contributed by atoms with Gasteiger partial charge in [-0.25, -0.2) is 8.42 Å². The molecule has 0 saturated heterocycles. The Morgan fingerprint density at radius 1 is 1.00 bits per heavy atom. The summed E-state index contributed by atoms with van der Waals surface area (Å²) in [5.41, 5.74) is 3.70. The lowest BCUT2D eigenvalue weighted by atomic mass is 9.95. The van der Waals surface area contributed by atoms with Crippen LogP contribution in [0.2, 0.25) is 0 Å². The highest BCUT2D eigenvalue weighted by Crippen LogP contribution is 2.30. The summed E-state index contributed by atoms with van der Waals surface area (Å²) in [7, 11) is -2.38. The Kier molecular flexibility index (Phi) is 6.30. The largest absolute Gasteiger partial charge is 0.497 e. The van der Waals surface area contributed by atoms with Gasteiger partial charge in [-0.05, 0) is 65.9 Å². The molecular formula is C25H26N2O4S. The van der Waals surface area contributed by atoms with Gasteiger partial charge in [-0.3, -0.25) is 4.79 Å². The molecule has 1 heterocycles. The van der Waals surface area contributed by atoms with Crippen molar-refractivity contribution in [1.29, 1.82) is 0 Å². The van der Waals surface area contributed by atoms with E-state index in [1.54, 1.807) is 12.1 Å². The molecule has 6 nitrogen and oxygen atoms in total. The Morgan fingerprint density at radius 2 is 1.66 bits per heavy atom. The number of carbonyl (C=O) groups is 1. The summed E-state index contributed by atoms with van der Waals surface area (Å²) in [5.74, 6) is 0.221. The third-order valence-corrected chi connectivity index (χ3v) is 7.67. The van der Waals surface area contributed by atoms with E-state index in [1.165, 1.54) is 29.1 Å². The summed E-state index contributed by atoms with van der Waals surface area (Å²) in [4.78, 5) is 13.4. The van der Waals surface area contributed by atoms with Gasteiger partial charge in [0, 0.05) is 12.2 Å². The van der Waals surface area contributed by atoms with Crippen LogP contribution < -0.4 is 10.1 Å². The molecule has 3 aromatic rings. The van der Waals surface area contributed by atoms with E-state index in [0.29, 0.717) is 17.9 Å². The Balaban J connectivity index is 1.67. The normalized spacial score (nSPS) is 16.2. The summed E-state index contributed by atoms with van der Waals surface area (Å²) >= 11 is 0. The number of aryl methyl sites for hydroxylation is 1. The Labute approximate surface area is 188 Å². The van der Waals surface area contributed by atoms with E-state index in [0.717, 1.165) is 17.5 Å². The van der Waals surface area contributed by atoms with Crippen molar-refractivity contribution >= 4 is 21.6 Å². The fourth-order valence-electron chi connectivity index (χ4n) is 3.91. The molecule has 1 atom stereocenters. The fraction of sp³-hybridized carbons (Fsp3) is 0.240. The molecule has 4 rings (SSSR count). The van der Waals surface area contributed by atoms with E-state index in [1.807, 2.05) is 48.5 Å². The van der Waals surface area contributed by atoms with Crippen molar-refractivity contribution in [2.45, 2.75) is 37.2 Å². The minimum absolute atomic E-state index is 0.128. The Morgan fingerprint density at radius 3 is 2.28 bits per heavy atom. The molecule has 32 heavy (non-hydrogen) atoms. The number of benzene rings is 3. The van der Waals surface area contributed by atoms with Gasteiger partial charge in [0.05, 0.1) is 12.0 Å². The van der Waals surface area contributed by atoms with Gasteiger partial charge in [0.2, 0.25) is 15.9 Å². The number of carbonyl (C=O) groups excluding carboxylic acids is 1. The van der Waals surface area contributed by atoms with Gasteiger partial charge in [-0.1, -0.05) is 43.3 Å². The molecule has 0 radical (unpaired) electrons. The molecule has 1 N–H and O–H groups in total. The van der Waals surface area contributed by atoms with Gasteiger partial charge in [-0.2, -0.15) is 4.31 Å². The van der Waals surface area contributed by atoms with Gasteiger partial charge in [0.1, 0.15) is 11.8 Å². The third-order valence-electron chi connectivity index (χ3n) is 5.80. The molecule has 7 heteroatoms. The maximum atomic E-state index is 13.6. The summed E-state index contributed by atoms with van der Waals surface area (Å²) < 4.78 is 33.5. The molecule has 0 aliphatic carbocycles. The molecule has 166 valence electrons. The first-order valence-electron chi connectivity index (χ1n) is 10.5. The summed E-state index contributed by atoms with van der Waals surface area (Å²) in [6.07, 6.45) is 1.21. The number of fused-ring (bicyclic) bond motifs is 1. The number of hydrogen-bond donors (Lipinski definition) is 1. The first-order chi connectivity index (χ1) is 15.4. The monoisotopic (exact) mass is 450 g/mol. The number of hydrogen-bond acceptors (Lipinski definition) is 4. The third kappa shape index (κ3) is 4.40. The maximum absolute atomic E-state index is 13.6. The van der Waals surface area contributed by atoms with E-state index in [-0.39, 0.29) is 17.3 Å². The smallest absolute Gasteiger partial charge is 0.244 e. The minimum atomic E-state index is -3.91. The quantitative estimate of drug-likeness (QED) is 0.616. The topological polar surface area (TPSA) is 75.7 Å². The number of rotatable bonds is 6. The number of nitrogens with zero attached hydrogens (tertiary/aromatic N) is 1. The second kappa shape index (κ2) is 9.14. The highest BCUT2D eigenvalue weighted by atomic mass is 32.2. The summed E-state index contributed by atoms with van der Waals surface area (Å²) in [6, 6.07) is 20.6. The van der Waals surface area contributed by atoms with E-state index in [4.69, 9.17) is 4.74 Å². The highest BCUT2D eigenvalue weighted by Gasteiger charge is 2.39. The lowest BCUT2D eigenvalue weighted by Gasteiger charge is -2.35. The van der Waals surface area contributed by atoms with Crippen molar-refractivity contribution in [2.75, 3.05) is 12.4 Å². The number of methoxy groups -OCH3 is 1. The average molecular weight is 451 g/mol. The zero-order chi connectivity index (χ0) is 22.7. The van der Waals surface area contributed by atoms with Crippen molar-refractivity contribution in [1.82, 2.24) is 4.31 Å². The van der Waals surface area contributed by atoms with Crippen LogP contribution in [0.1, 0.15) is 23.6 Å². The van der Waals surface area contributed by atoms with Gasteiger partial charge in [0.15, 0.2) is 0 Å². The number of amides is 1. The zero-order valence-electron chi connectivity index (χ0n) is 18.1.